The van der Waals surface area contributed by atoms with E-state index < -0.39 is 0 Å². The lowest BCUT2D eigenvalue weighted by atomic mass is 9.95. The van der Waals surface area contributed by atoms with Crippen molar-refractivity contribution >= 4 is 5.71 Å². The predicted octanol–water partition coefficient (Wildman–Crippen LogP) is 1.39. The van der Waals surface area contributed by atoms with Crippen molar-refractivity contribution in [1.29, 1.82) is 0 Å². The quantitative estimate of drug-likeness (QED) is 0.554. The molecule has 1 heterocycles. The summed E-state index contributed by atoms with van der Waals surface area (Å²) < 4.78 is 0. The molecule has 2 nitrogen and oxygen atoms in total. The maximum absolute atomic E-state index is 5.68. The molecule has 0 amide bonds. The van der Waals surface area contributed by atoms with Gasteiger partial charge in [0.25, 0.3) is 0 Å². The van der Waals surface area contributed by atoms with Gasteiger partial charge in [0.15, 0.2) is 0 Å². The SMILES string of the molecule is NC1=CC2=NCCCC2=CC1. The van der Waals surface area contributed by atoms with Crippen LogP contribution in [0.15, 0.2) is 28.4 Å². The van der Waals surface area contributed by atoms with Gasteiger partial charge in [-0.1, -0.05) is 6.08 Å². The fourth-order valence-corrected chi connectivity index (χ4v) is 1.52. The molecule has 0 spiro atoms. The lowest BCUT2D eigenvalue weighted by molar-refractivity contribution is 0.809. The molecule has 0 bridgehead atoms. The number of nitrogens with zero attached hydrogens (tertiary/aromatic N) is 1. The predicted molar refractivity (Wildman–Crippen MR) is 46.5 cm³/mol. The monoisotopic (exact) mass is 148 g/mol. The summed E-state index contributed by atoms with van der Waals surface area (Å²) in [6.07, 6.45) is 7.50. The third-order valence-electron chi connectivity index (χ3n) is 2.12. The van der Waals surface area contributed by atoms with Crippen molar-refractivity contribution in [2.45, 2.75) is 19.3 Å². The molecule has 0 unspecified atom stereocenters. The van der Waals surface area contributed by atoms with Gasteiger partial charge in [-0.25, -0.2) is 0 Å². The summed E-state index contributed by atoms with van der Waals surface area (Å²) in [5.74, 6) is 0. The Balaban J connectivity index is 2.32. The molecule has 58 valence electrons. The molecule has 0 saturated heterocycles. The van der Waals surface area contributed by atoms with Crippen LogP contribution in [0.25, 0.3) is 0 Å². The summed E-state index contributed by atoms with van der Waals surface area (Å²) in [5, 5.41) is 0. The van der Waals surface area contributed by atoms with Crippen LogP contribution < -0.4 is 5.73 Å². The van der Waals surface area contributed by atoms with Gasteiger partial charge < -0.3 is 5.73 Å². The molecule has 1 aliphatic carbocycles. The molecule has 0 saturated carbocycles. The molecule has 2 rings (SSSR count). The van der Waals surface area contributed by atoms with Crippen LogP contribution in [0.2, 0.25) is 0 Å². The Bertz CT molecular complexity index is 259. The van der Waals surface area contributed by atoms with Crippen LogP contribution in [0.3, 0.4) is 0 Å². The van der Waals surface area contributed by atoms with Crippen LogP contribution in [0.4, 0.5) is 0 Å². The van der Waals surface area contributed by atoms with E-state index in [2.05, 4.69) is 11.1 Å². The van der Waals surface area contributed by atoms with Gasteiger partial charge in [0, 0.05) is 18.7 Å². The highest BCUT2D eigenvalue weighted by Crippen LogP contribution is 2.20. The van der Waals surface area contributed by atoms with Crippen molar-refractivity contribution in [3.8, 4) is 0 Å². The van der Waals surface area contributed by atoms with Gasteiger partial charge in [-0.05, 0) is 24.5 Å². The molecule has 0 aromatic carbocycles. The highest BCUT2D eigenvalue weighted by atomic mass is 14.8. The molecule has 0 aromatic rings. The van der Waals surface area contributed by atoms with Crippen LogP contribution in [0.1, 0.15) is 19.3 Å². The topological polar surface area (TPSA) is 38.4 Å². The number of allylic oxidation sites excluding steroid dienone is 3. The average Bonchev–Trinajstić information content (AvgIpc) is 2.04. The minimum atomic E-state index is 0.911. The first kappa shape index (κ1) is 6.65. The fraction of sp³-hybridized carbons (Fsp3) is 0.444. The second kappa shape index (κ2) is 2.53. The van der Waals surface area contributed by atoms with Crippen LogP contribution in [0.5, 0.6) is 0 Å². The smallest absolute Gasteiger partial charge is 0.0620 e. The highest BCUT2D eigenvalue weighted by Gasteiger charge is 2.12. The first-order chi connectivity index (χ1) is 5.36. The number of nitrogens with two attached hydrogens (primary N) is 1. The van der Waals surface area contributed by atoms with Crippen molar-refractivity contribution in [1.82, 2.24) is 0 Å². The van der Waals surface area contributed by atoms with Crippen LogP contribution in [0, 0.1) is 0 Å². The van der Waals surface area contributed by atoms with E-state index in [9.17, 15) is 0 Å². The van der Waals surface area contributed by atoms with Crippen molar-refractivity contribution in [3.63, 3.8) is 0 Å². The lowest BCUT2D eigenvalue weighted by Gasteiger charge is -2.17. The zero-order chi connectivity index (χ0) is 7.68. The molecule has 2 N–H and O–H groups in total. The summed E-state index contributed by atoms with van der Waals surface area (Å²) >= 11 is 0. The van der Waals surface area contributed by atoms with Gasteiger partial charge in [0.2, 0.25) is 0 Å². The summed E-state index contributed by atoms with van der Waals surface area (Å²) in [5.41, 5.74) is 9.14. The molecule has 1 aliphatic heterocycles. The van der Waals surface area contributed by atoms with Crippen LogP contribution >= 0.6 is 0 Å². The van der Waals surface area contributed by atoms with E-state index in [4.69, 9.17) is 5.73 Å². The molecule has 2 heteroatoms. The number of aliphatic imine (C=N–C) groups is 1. The zero-order valence-electron chi connectivity index (χ0n) is 6.51. The minimum absolute atomic E-state index is 0.911. The van der Waals surface area contributed by atoms with Crippen molar-refractivity contribution in [3.05, 3.63) is 23.4 Å². The van der Waals surface area contributed by atoms with E-state index in [-0.39, 0.29) is 0 Å². The summed E-state index contributed by atoms with van der Waals surface area (Å²) in [7, 11) is 0. The number of rotatable bonds is 0. The van der Waals surface area contributed by atoms with E-state index in [1.54, 1.807) is 0 Å². The average molecular weight is 148 g/mol. The van der Waals surface area contributed by atoms with Crippen molar-refractivity contribution < 1.29 is 0 Å². The summed E-state index contributed by atoms with van der Waals surface area (Å²) in [4.78, 5) is 4.39. The third-order valence-corrected chi connectivity index (χ3v) is 2.12. The Morgan fingerprint density at radius 3 is 3.27 bits per heavy atom. The molecular weight excluding hydrogens is 136 g/mol. The zero-order valence-corrected chi connectivity index (χ0v) is 6.51. The molecule has 0 fully saturated rings. The molecule has 2 aliphatic rings. The van der Waals surface area contributed by atoms with Gasteiger partial charge >= 0.3 is 0 Å². The van der Waals surface area contributed by atoms with Crippen LogP contribution in [-0.2, 0) is 0 Å². The second-order valence-corrected chi connectivity index (χ2v) is 3.02. The largest absolute Gasteiger partial charge is 0.402 e. The number of hydrogen-bond acceptors (Lipinski definition) is 2. The maximum atomic E-state index is 5.68. The maximum Gasteiger partial charge on any atom is 0.0620 e. The molecule has 0 radical (unpaired) electrons. The molecular formula is C9H12N2. The fourth-order valence-electron chi connectivity index (χ4n) is 1.52. The number of hydrogen-bond donors (Lipinski definition) is 1. The van der Waals surface area contributed by atoms with Gasteiger partial charge in [0.1, 0.15) is 0 Å². The van der Waals surface area contributed by atoms with Gasteiger partial charge in [-0.2, -0.15) is 0 Å². The van der Waals surface area contributed by atoms with E-state index in [0.717, 1.165) is 24.4 Å². The number of fused-ring (bicyclic) bond motifs is 1. The minimum Gasteiger partial charge on any atom is -0.402 e. The Morgan fingerprint density at radius 1 is 1.45 bits per heavy atom. The van der Waals surface area contributed by atoms with Crippen molar-refractivity contribution in [2.75, 3.05) is 6.54 Å². The standard InChI is InChI=1S/C9H12N2/c10-8-4-3-7-2-1-5-11-9(7)6-8/h3,6H,1-2,4-5,10H2. The lowest BCUT2D eigenvalue weighted by Crippen LogP contribution is -2.14. The molecule has 0 aromatic heterocycles. The third kappa shape index (κ3) is 1.20. The Hall–Kier alpha value is -1.05. The Morgan fingerprint density at radius 2 is 2.36 bits per heavy atom. The first-order valence-electron chi connectivity index (χ1n) is 4.06. The van der Waals surface area contributed by atoms with E-state index in [1.807, 2.05) is 6.08 Å². The Labute approximate surface area is 66.5 Å². The first-order valence-corrected chi connectivity index (χ1v) is 4.06. The normalized spacial score (nSPS) is 23.1. The molecule has 11 heavy (non-hydrogen) atoms. The van der Waals surface area contributed by atoms with Gasteiger partial charge in [-0.15, -0.1) is 0 Å². The second-order valence-electron chi connectivity index (χ2n) is 3.02. The Kier molecular flexibility index (Phi) is 1.53. The van der Waals surface area contributed by atoms with Gasteiger partial charge in [0.05, 0.1) is 5.71 Å². The van der Waals surface area contributed by atoms with Crippen molar-refractivity contribution in [2.24, 2.45) is 10.7 Å². The van der Waals surface area contributed by atoms with E-state index in [1.165, 1.54) is 18.4 Å². The highest BCUT2D eigenvalue weighted by molar-refractivity contribution is 6.09. The summed E-state index contributed by atoms with van der Waals surface area (Å²) in [6, 6.07) is 0. The van der Waals surface area contributed by atoms with Crippen LogP contribution in [-0.4, -0.2) is 12.3 Å². The van der Waals surface area contributed by atoms with Gasteiger partial charge in [-0.3, -0.25) is 4.99 Å². The van der Waals surface area contributed by atoms with E-state index in [0.29, 0.717) is 0 Å². The summed E-state index contributed by atoms with van der Waals surface area (Å²) in [6.45, 7) is 0.969. The van der Waals surface area contributed by atoms with E-state index >= 15 is 0 Å². The molecule has 0 atom stereocenters.